The summed E-state index contributed by atoms with van der Waals surface area (Å²) in [6.07, 6.45) is -4.82. The van der Waals surface area contributed by atoms with Crippen molar-refractivity contribution in [3.05, 3.63) is 23.8 Å². The second kappa shape index (κ2) is 6.14. The molecule has 0 saturated heterocycles. The molecule has 1 aromatic rings. The summed E-state index contributed by atoms with van der Waals surface area (Å²) >= 11 is 5.81. The first-order valence-corrected chi connectivity index (χ1v) is 5.84. The Morgan fingerprint density at radius 3 is 2.37 bits per heavy atom. The molecule has 0 amide bonds. The number of halogens is 4. The average Bonchev–Trinajstić information content (AvgIpc) is 2.25. The van der Waals surface area contributed by atoms with Crippen LogP contribution in [0.1, 0.15) is 24.8 Å². The van der Waals surface area contributed by atoms with Crippen LogP contribution < -0.4 is 9.47 Å². The van der Waals surface area contributed by atoms with Gasteiger partial charge in [-0.3, -0.25) is 4.79 Å². The Bertz CT molecular complexity index is 460. The van der Waals surface area contributed by atoms with E-state index in [1.165, 1.54) is 13.0 Å². The van der Waals surface area contributed by atoms with Gasteiger partial charge in [0.1, 0.15) is 16.9 Å². The van der Waals surface area contributed by atoms with E-state index in [4.69, 9.17) is 16.3 Å². The zero-order valence-electron chi connectivity index (χ0n) is 10.3. The summed E-state index contributed by atoms with van der Waals surface area (Å²) in [4.78, 5) is 11.2. The number of Topliss-reactive ketones (excluding diaryl/α,β-unsaturated/α-hetero) is 1. The number of ketones is 1. The fraction of sp³-hybridized carbons (Fsp3) is 0.417. The molecule has 1 atom stereocenters. The number of benzene rings is 1. The van der Waals surface area contributed by atoms with Crippen LogP contribution in [-0.4, -0.2) is 18.8 Å². The van der Waals surface area contributed by atoms with Crippen LogP contribution in [0.3, 0.4) is 0 Å². The minimum absolute atomic E-state index is 0.158. The molecule has 0 aliphatic rings. The van der Waals surface area contributed by atoms with Crippen molar-refractivity contribution in [1.82, 2.24) is 0 Å². The molecule has 0 radical (unpaired) electrons. The standard InChI is InChI=1S/C12H12ClF3O3/c1-3-18-9-4-8(11(13)7(2)17)5-10(6-9)19-12(14,15)16/h4-6,11H,3H2,1-2H3. The molecule has 0 bridgehead atoms. The van der Waals surface area contributed by atoms with Crippen LogP contribution in [0.4, 0.5) is 13.2 Å². The lowest BCUT2D eigenvalue weighted by atomic mass is 10.1. The van der Waals surface area contributed by atoms with E-state index in [2.05, 4.69) is 4.74 Å². The molecule has 0 aliphatic heterocycles. The minimum atomic E-state index is -4.82. The van der Waals surface area contributed by atoms with Crippen LogP contribution >= 0.6 is 11.6 Å². The van der Waals surface area contributed by atoms with Crippen molar-refractivity contribution in [3.8, 4) is 11.5 Å². The van der Waals surface area contributed by atoms with Crippen molar-refractivity contribution in [2.75, 3.05) is 6.61 Å². The monoisotopic (exact) mass is 296 g/mol. The van der Waals surface area contributed by atoms with Gasteiger partial charge in [-0.1, -0.05) is 0 Å². The summed E-state index contributed by atoms with van der Waals surface area (Å²) in [6, 6.07) is 3.56. The first-order chi connectivity index (χ1) is 8.73. The van der Waals surface area contributed by atoms with Gasteiger partial charge in [0.15, 0.2) is 5.78 Å². The second-order valence-corrected chi connectivity index (χ2v) is 4.13. The molecule has 106 valence electrons. The van der Waals surface area contributed by atoms with Crippen molar-refractivity contribution in [2.24, 2.45) is 0 Å². The molecule has 0 aromatic heterocycles. The Balaban J connectivity index is 3.13. The Labute approximate surface area is 113 Å². The molecule has 1 aromatic carbocycles. The van der Waals surface area contributed by atoms with E-state index in [1.807, 2.05) is 0 Å². The van der Waals surface area contributed by atoms with Crippen LogP contribution in [0.15, 0.2) is 18.2 Å². The maximum atomic E-state index is 12.2. The fourth-order valence-electron chi connectivity index (χ4n) is 1.42. The highest BCUT2D eigenvalue weighted by Gasteiger charge is 2.31. The maximum absolute atomic E-state index is 12.2. The minimum Gasteiger partial charge on any atom is -0.494 e. The Hall–Kier alpha value is -1.43. The summed E-state index contributed by atoms with van der Waals surface area (Å²) in [5, 5.41) is -1.05. The fourth-order valence-corrected chi connectivity index (χ4v) is 1.54. The average molecular weight is 297 g/mol. The van der Waals surface area contributed by atoms with E-state index in [-0.39, 0.29) is 23.7 Å². The van der Waals surface area contributed by atoms with E-state index in [1.54, 1.807) is 6.92 Å². The first kappa shape index (κ1) is 15.6. The predicted octanol–water partition coefficient (Wildman–Crippen LogP) is 3.85. The predicted molar refractivity (Wildman–Crippen MR) is 63.6 cm³/mol. The largest absolute Gasteiger partial charge is 0.573 e. The number of alkyl halides is 4. The smallest absolute Gasteiger partial charge is 0.494 e. The third-order valence-electron chi connectivity index (χ3n) is 2.10. The van der Waals surface area contributed by atoms with Gasteiger partial charge in [0.25, 0.3) is 0 Å². The number of ether oxygens (including phenoxy) is 2. The van der Waals surface area contributed by atoms with Gasteiger partial charge < -0.3 is 9.47 Å². The van der Waals surface area contributed by atoms with Crippen LogP contribution in [0.25, 0.3) is 0 Å². The van der Waals surface area contributed by atoms with E-state index in [0.29, 0.717) is 0 Å². The van der Waals surface area contributed by atoms with Crippen molar-refractivity contribution in [2.45, 2.75) is 25.6 Å². The second-order valence-electron chi connectivity index (χ2n) is 3.69. The molecule has 0 fully saturated rings. The number of rotatable bonds is 5. The van der Waals surface area contributed by atoms with Crippen LogP contribution in [0.2, 0.25) is 0 Å². The Morgan fingerprint density at radius 1 is 1.32 bits per heavy atom. The normalized spacial score (nSPS) is 12.9. The van der Waals surface area contributed by atoms with Crippen molar-refractivity contribution in [3.63, 3.8) is 0 Å². The summed E-state index contributed by atoms with van der Waals surface area (Å²) in [7, 11) is 0. The molecule has 0 aliphatic carbocycles. The van der Waals surface area contributed by atoms with Crippen LogP contribution in [0.5, 0.6) is 11.5 Å². The highest BCUT2D eigenvalue weighted by molar-refractivity contribution is 6.30. The molecule has 7 heteroatoms. The van der Waals surface area contributed by atoms with Gasteiger partial charge >= 0.3 is 6.36 Å². The van der Waals surface area contributed by atoms with Gasteiger partial charge in [-0.15, -0.1) is 24.8 Å². The molecular formula is C12H12ClF3O3. The Morgan fingerprint density at radius 2 is 1.89 bits per heavy atom. The topological polar surface area (TPSA) is 35.5 Å². The summed E-state index contributed by atoms with van der Waals surface area (Å²) < 4.78 is 45.5. The third-order valence-corrected chi connectivity index (χ3v) is 2.66. The van der Waals surface area contributed by atoms with Crippen molar-refractivity contribution in [1.29, 1.82) is 0 Å². The molecule has 0 heterocycles. The molecule has 19 heavy (non-hydrogen) atoms. The molecule has 1 unspecified atom stereocenters. The number of hydrogen-bond donors (Lipinski definition) is 0. The van der Waals surface area contributed by atoms with E-state index < -0.39 is 17.5 Å². The zero-order valence-corrected chi connectivity index (χ0v) is 11.0. The van der Waals surface area contributed by atoms with Crippen LogP contribution in [-0.2, 0) is 4.79 Å². The summed E-state index contributed by atoms with van der Waals surface area (Å²) in [5.41, 5.74) is 0.194. The van der Waals surface area contributed by atoms with Crippen molar-refractivity contribution < 1.29 is 27.4 Å². The van der Waals surface area contributed by atoms with Gasteiger partial charge in [-0.25, -0.2) is 0 Å². The molecule has 1 rings (SSSR count). The zero-order chi connectivity index (χ0) is 14.6. The summed E-state index contributed by atoms with van der Waals surface area (Å²) in [6.45, 7) is 3.19. The quantitative estimate of drug-likeness (QED) is 0.774. The lowest BCUT2D eigenvalue weighted by molar-refractivity contribution is -0.274. The highest BCUT2D eigenvalue weighted by atomic mass is 35.5. The van der Waals surface area contributed by atoms with E-state index in [9.17, 15) is 18.0 Å². The van der Waals surface area contributed by atoms with E-state index in [0.717, 1.165) is 12.1 Å². The molecule has 0 saturated carbocycles. The SMILES string of the molecule is CCOc1cc(OC(F)(F)F)cc(C(Cl)C(C)=O)c1. The number of carbonyl (C=O) groups is 1. The number of carbonyl (C=O) groups excluding carboxylic acids is 1. The Kier molecular flexibility index (Phi) is 5.05. The van der Waals surface area contributed by atoms with Gasteiger partial charge in [0.05, 0.1) is 6.61 Å². The molecule has 3 nitrogen and oxygen atoms in total. The van der Waals surface area contributed by atoms with Gasteiger partial charge in [0.2, 0.25) is 0 Å². The van der Waals surface area contributed by atoms with Gasteiger partial charge in [-0.2, -0.15) is 0 Å². The van der Waals surface area contributed by atoms with Gasteiger partial charge in [0, 0.05) is 6.07 Å². The lowest BCUT2D eigenvalue weighted by Gasteiger charge is -2.14. The lowest BCUT2D eigenvalue weighted by Crippen LogP contribution is -2.17. The number of hydrogen-bond acceptors (Lipinski definition) is 3. The summed E-state index contributed by atoms with van der Waals surface area (Å²) in [5.74, 6) is -0.695. The first-order valence-electron chi connectivity index (χ1n) is 5.41. The van der Waals surface area contributed by atoms with Crippen LogP contribution in [0, 0.1) is 0 Å². The van der Waals surface area contributed by atoms with Crippen molar-refractivity contribution >= 4 is 17.4 Å². The molecular weight excluding hydrogens is 285 g/mol. The van der Waals surface area contributed by atoms with Gasteiger partial charge in [-0.05, 0) is 31.5 Å². The van der Waals surface area contributed by atoms with E-state index >= 15 is 0 Å². The molecule has 0 spiro atoms. The highest BCUT2D eigenvalue weighted by Crippen LogP contribution is 2.32. The molecule has 0 N–H and O–H groups in total. The third kappa shape index (κ3) is 4.98. The maximum Gasteiger partial charge on any atom is 0.573 e.